The molecule has 0 saturated heterocycles. The molecule has 4 aliphatic rings. The summed E-state index contributed by atoms with van der Waals surface area (Å²) in [5.74, 6) is -0.426. The SMILES string of the molecule is Cc1c(NC(=O)c2nc3c(n2C)CCN(CCC24CCC(C(=O)O)(CC2)C4)C3)cccc1-c1cccc(NC(=O)c2nc3c(n2C)CCN(C[C@H](C)O)C3)c1C. The van der Waals surface area contributed by atoms with E-state index in [0.29, 0.717) is 42.7 Å². The Balaban J connectivity index is 0.938. The lowest BCUT2D eigenvalue weighted by atomic mass is 9.80. The molecule has 2 amide bonds. The van der Waals surface area contributed by atoms with Gasteiger partial charge in [0.25, 0.3) is 11.8 Å². The van der Waals surface area contributed by atoms with E-state index in [-0.39, 0.29) is 17.2 Å². The fourth-order valence-corrected chi connectivity index (χ4v) is 10.1. The summed E-state index contributed by atoms with van der Waals surface area (Å²) < 4.78 is 3.81. The molecule has 296 valence electrons. The fraction of sp³-hybridized carbons (Fsp3) is 0.512. The van der Waals surface area contributed by atoms with E-state index in [1.807, 2.05) is 73.5 Å². The zero-order valence-electron chi connectivity index (χ0n) is 33.2. The third-order valence-electron chi connectivity index (χ3n) is 13.4. The molecule has 2 aromatic carbocycles. The number of carboxylic acids is 1. The molecule has 2 aromatic heterocycles. The van der Waals surface area contributed by atoms with Crippen molar-refractivity contribution in [1.82, 2.24) is 28.9 Å². The highest BCUT2D eigenvalue weighted by Crippen LogP contribution is 2.63. The quantitative estimate of drug-likeness (QED) is 0.156. The lowest BCUT2D eigenvalue weighted by Gasteiger charge is -2.32. The lowest BCUT2D eigenvalue weighted by Crippen LogP contribution is -2.36. The van der Waals surface area contributed by atoms with Crippen LogP contribution >= 0.6 is 0 Å². The standard InChI is InChI=1S/C43H54N8O5/c1-26(52)22-51-20-13-36-34(24-51)45-38(49(36)5)40(54)47-32-11-7-9-30(28(32)3)29-8-6-10-31(27(29)2)46-39(53)37-44-33-23-50(19-12-35(33)48(37)4)21-18-42-14-16-43(25-42,17-15-42)41(55)56/h6-11,26,52H,12-25H2,1-5H3,(H,46,53)(H,47,54)(H,55,56)/t26-,42?,43?/m0/s1. The summed E-state index contributed by atoms with van der Waals surface area (Å²) in [5, 5.41) is 25.9. The van der Waals surface area contributed by atoms with E-state index in [9.17, 15) is 24.6 Å². The number of β-amino-alcohol motifs (C(OH)–C–C–N with tert-alkyl or cyclic N) is 1. The van der Waals surface area contributed by atoms with Crippen LogP contribution in [0.1, 0.15) is 101 Å². The predicted molar refractivity (Wildman–Crippen MR) is 214 cm³/mol. The van der Waals surface area contributed by atoms with Crippen molar-refractivity contribution in [1.29, 1.82) is 0 Å². The monoisotopic (exact) mass is 762 g/mol. The molecule has 1 atom stereocenters. The third kappa shape index (κ3) is 6.83. The highest BCUT2D eigenvalue weighted by Gasteiger charge is 2.57. The number of carbonyl (C=O) groups is 3. The van der Waals surface area contributed by atoms with Gasteiger partial charge in [-0.3, -0.25) is 24.2 Å². The highest BCUT2D eigenvalue weighted by atomic mass is 16.4. The molecule has 4 N–H and O–H groups in total. The number of fused-ring (bicyclic) bond motifs is 4. The Morgan fingerprint density at radius 3 is 1.77 bits per heavy atom. The van der Waals surface area contributed by atoms with Gasteiger partial charge in [0.1, 0.15) is 0 Å². The van der Waals surface area contributed by atoms with Crippen LogP contribution in [0.3, 0.4) is 0 Å². The molecule has 8 rings (SSSR count). The topological polar surface area (TPSA) is 158 Å². The van der Waals surface area contributed by atoms with Crippen LogP contribution in [0.25, 0.3) is 11.1 Å². The Labute approximate surface area is 328 Å². The van der Waals surface area contributed by atoms with E-state index in [0.717, 1.165) is 116 Å². The fourth-order valence-electron chi connectivity index (χ4n) is 10.1. The molecule has 4 heterocycles. The number of anilines is 2. The number of imidazole rings is 2. The molecule has 0 radical (unpaired) electrons. The number of nitrogens with one attached hydrogen (secondary N) is 2. The van der Waals surface area contributed by atoms with Crippen molar-refractivity contribution < 1.29 is 24.6 Å². The number of aliphatic hydroxyl groups excluding tert-OH is 1. The summed E-state index contributed by atoms with van der Waals surface area (Å²) in [4.78, 5) is 53.6. The lowest BCUT2D eigenvalue weighted by molar-refractivity contribution is -0.148. The van der Waals surface area contributed by atoms with Crippen LogP contribution < -0.4 is 10.6 Å². The van der Waals surface area contributed by atoms with Gasteiger partial charge < -0.3 is 30.0 Å². The van der Waals surface area contributed by atoms with Gasteiger partial charge in [-0.05, 0) is 106 Å². The van der Waals surface area contributed by atoms with Crippen LogP contribution in [-0.4, -0.2) is 89.2 Å². The summed E-state index contributed by atoms with van der Waals surface area (Å²) in [7, 11) is 3.80. The second-order valence-electron chi connectivity index (χ2n) is 17.0. The number of rotatable bonds is 11. The Morgan fingerprint density at radius 1 is 0.786 bits per heavy atom. The van der Waals surface area contributed by atoms with E-state index in [4.69, 9.17) is 9.97 Å². The van der Waals surface area contributed by atoms with Gasteiger partial charge in [0, 0.05) is 82.4 Å². The number of amides is 2. The van der Waals surface area contributed by atoms with Gasteiger partial charge in [-0.2, -0.15) is 0 Å². The molecule has 0 spiro atoms. The van der Waals surface area contributed by atoms with Crippen LogP contribution in [0, 0.1) is 24.7 Å². The Morgan fingerprint density at radius 2 is 1.29 bits per heavy atom. The zero-order chi connectivity index (χ0) is 39.5. The number of aliphatic carboxylic acids is 1. The van der Waals surface area contributed by atoms with Crippen LogP contribution in [0.4, 0.5) is 11.4 Å². The van der Waals surface area contributed by atoms with Crippen molar-refractivity contribution in [2.45, 2.75) is 91.3 Å². The van der Waals surface area contributed by atoms with Crippen LogP contribution in [-0.2, 0) is 44.8 Å². The molecule has 13 nitrogen and oxygen atoms in total. The van der Waals surface area contributed by atoms with E-state index in [2.05, 4.69) is 20.4 Å². The van der Waals surface area contributed by atoms with E-state index < -0.39 is 17.5 Å². The zero-order valence-corrected chi connectivity index (χ0v) is 33.2. The van der Waals surface area contributed by atoms with E-state index in [1.165, 1.54) is 0 Å². The van der Waals surface area contributed by atoms with Gasteiger partial charge >= 0.3 is 5.97 Å². The Bertz CT molecular complexity index is 2210. The molecule has 2 aliphatic carbocycles. The Hall–Kier alpha value is -4.85. The van der Waals surface area contributed by atoms with Gasteiger partial charge in [0.2, 0.25) is 0 Å². The van der Waals surface area contributed by atoms with Crippen molar-refractivity contribution in [3.05, 3.63) is 81.9 Å². The van der Waals surface area contributed by atoms with E-state index >= 15 is 0 Å². The van der Waals surface area contributed by atoms with Crippen molar-refractivity contribution in [2.75, 3.05) is 36.8 Å². The number of benzene rings is 2. The number of hydrogen-bond donors (Lipinski definition) is 4. The van der Waals surface area contributed by atoms with Gasteiger partial charge in [-0.25, -0.2) is 9.97 Å². The van der Waals surface area contributed by atoms with Gasteiger partial charge in [0.15, 0.2) is 11.6 Å². The number of nitrogens with zero attached hydrogens (tertiary/aromatic N) is 6. The maximum absolute atomic E-state index is 13.8. The van der Waals surface area contributed by atoms with Gasteiger partial charge in [-0.15, -0.1) is 0 Å². The average Bonchev–Trinajstić information content (AvgIpc) is 3.92. The largest absolute Gasteiger partial charge is 0.481 e. The van der Waals surface area contributed by atoms with Crippen LogP contribution in [0.2, 0.25) is 0 Å². The molecular formula is C43H54N8O5. The van der Waals surface area contributed by atoms with Crippen LogP contribution in [0.15, 0.2) is 36.4 Å². The van der Waals surface area contributed by atoms with Crippen molar-refractivity contribution in [3.8, 4) is 11.1 Å². The first-order chi connectivity index (χ1) is 26.8. The van der Waals surface area contributed by atoms with Crippen LogP contribution in [0.5, 0.6) is 0 Å². The molecule has 2 saturated carbocycles. The van der Waals surface area contributed by atoms with Crippen molar-refractivity contribution in [2.24, 2.45) is 24.9 Å². The maximum Gasteiger partial charge on any atom is 0.309 e. The number of hydrogen-bond acceptors (Lipinski definition) is 8. The molecular weight excluding hydrogens is 709 g/mol. The molecule has 0 unspecified atom stereocenters. The second kappa shape index (κ2) is 14.6. The van der Waals surface area contributed by atoms with Gasteiger partial charge in [0.05, 0.1) is 22.9 Å². The summed E-state index contributed by atoms with van der Waals surface area (Å²) in [5.41, 5.74) is 8.66. The van der Waals surface area contributed by atoms with Crippen molar-refractivity contribution >= 4 is 29.2 Å². The summed E-state index contributed by atoms with van der Waals surface area (Å²) in [6.45, 7) is 10.2. The minimum Gasteiger partial charge on any atom is -0.481 e. The summed E-state index contributed by atoms with van der Waals surface area (Å²) >= 11 is 0. The molecule has 2 bridgehead atoms. The first kappa shape index (κ1) is 38.0. The summed E-state index contributed by atoms with van der Waals surface area (Å²) in [6, 6.07) is 11.7. The molecule has 2 aliphatic heterocycles. The number of aliphatic hydroxyl groups is 1. The van der Waals surface area contributed by atoms with E-state index in [1.54, 1.807) is 6.92 Å². The third-order valence-corrected chi connectivity index (χ3v) is 13.4. The molecule has 13 heteroatoms. The highest BCUT2D eigenvalue weighted by molar-refractivity contribution is 6.04. The minimum absolute atomic E-state index is 0.150. The predicted octanol–water partition coefficient (Wildman–Crippen LogP) is 5.46. The molecule has 2 fully saturated rings. The minimum atomic E-state index is -0.617. The average molecular weight is 763 g/mol. The second-order valence-corrected chi connectivity index (χ2v) is 17.0. The normalized spacial score (nSPS) is 22.5. The molecule has 4 aromatic rings. The first-order valence-electron chi connectivity index (χ1n) is 20.0. The number of aromatic nitrogens is 4. The first-order valence-corrected chi connectivity index (χ1v) is 20.0. The maximum atomic E-state index is 13.8. The van der Waals surface area contributed by atoms with Gasteiger partial charge in [-0.1, -0.05) is 24.3 Å². The molecule has 56 heavy (non-hydrogen) atoms. The smallest absolute Gasteiger partial charge is 0.309 e. The van der Waals surface area contributed by atoms with Crippen molar-refractivity contribution in [3.63, 3.8) is 0 Å². The summed E-state index contributed by atoms with van der Waals surface area (Å²) in [6.07, 6.45) is 6.59. The number of carboxylic acid groups (broad SMARTS) is 1. The number of carbonyl (C=O) groups excluding carboxylic acids is 2. The Kier molecular flexibility index (Phi) is 9.91.